The highest BCUT2D eigenvalue weighted by Crippen LogP contribution is 2.71. The smallest absolute Gasteiger partial charge is 0.307 e. The zero-order valence-electron chi connectivity index (χ0n) is 30.3. The molecule has 0 amide bonds. The Labute approximate surface area is 323 Å². The Morgan fingerprint density at radius 2 is 0.891 bits per heavy atom. The third-order valence-electron chi connectivity index (χ3n) is 8.54. The molecule has 0 atom stereocenters. The summed E-state index contributed by atoms with van der Waals surface area (Å²) in [6.07, 6.45) is 5.13. The first-order valence-electron chi connectivity index (χ1n) is 17.5. The Balaban J connectivity index is 1.40. The lowest BCUT2D eigenvalue weighted by molar-refractivity contribution is 0.300. The molecule has 0 saturated carbocycles. The molecule has 0 aliphatic rings. The quantitative estimate of drug-likeness (QED) is 0.101. The maximum absolute atomic E-state index is 14.8. The van der Waals surface area contributed by atoms with Crippen molar-refractivity contribution < 1.29 is 26.3 Å². The maximum atomic E-state index is 14.8. The van der Waals surface area contributed by atoms with E-state index in [9.17, 15) is 8.42 Å². The molecular formula is C44H39N3O6S2. The summed E-state index contributed by atoms with van der Waals surface area (Å²) in [7, 11) is -7.59. The number of aryl methyl sites for hydroxylation is 2. The zero-order valence-corrected chi connectivity index (χ0v) is 32.0. The fourth-order valence-electron chi connectivity index (χ4n) is 5.93. The van der Waals surface area contributed by atoms with Gasteiger partial charge in [0.05, 0.1) is 22.0 Å². The third kappa shape index (κ3) is 9.04. The maximum Gasteiger partial charge on any atom is 0.307 e. The van der Waals surface area contributed by atoms with Gasteiger partial charge in [-0.2, -0.15) is 8.42 Å². The summed E-state index contributed by atoms with van der Waals surface area (Å²) < 4.78 is 55.1. The van der Waals surface area contributed by atoms with Gasteiger partial charge in [0, 0.05) is 33.3 Å². The zero-order chi connectivity index (χ0) is 38.1. The van der Waals surface area contributed by atoms with Crippen molar-refractivity contribution in [2.75, 3.05) is 0 Å². The predicted octanol–water partition coefficient (Wildman–Crippen LogP) is 9.83. The van der Waals surface area contributed by atoms with Crippen LogP contribution in [-0.4, -0.2) is 23.4 Å². The molecule has 0 bridgehead atoms. The van der Waals surface area contributed by atoms with Crippen molar-refractivity contribution >= 4 is 20.4 Å². The summed E-state index contributed by atoms with van der Waals surface area (Å²) in [6, 6.07) is 44.1. The number of pyridine rings is 3. The van der Waals surface area contributed by atoms with Crippen LogP contribution in [0.3, 0.4) is 0 Å². The lowest BCUT2D eigenvalue weighted by Crippen LogP contribution is -2.16. The number of benzene rings is 4. The van der Waals surface area contributed by atoms with E-state index >= 15 is 0 Å². The average molecular weight is 770 g/mol. The third-order valence-corrected chi connectivity index (χ3v) is 13.8. The molecule has 0 N–H and O–H groups in total. The van der Waals surface area contributed by atoms with Gasteiger partial charge < -0.3 is 14.2 Å². The first-order chi connectivity index (χ1) is 26.8. The molecule has 0 radical (unpaired) electrons. The van der Waals surface area contributed by atoms with E-state index in [-0.39, 0.29) is 24.7 Å². The van der Waals surface area contributed by atoms with Crippen LogP contribution in [0.15, 0.2) is 184 Å². The van der Waals surface area contributed by atoms with E-state index in [0.717, 1.165) is 22.6 Å². The van der Waals surface area contributed by atoms with Crippen molar-refractivity contribution in [2.24, 2.45) is 0 Å². The van der Waals surface area contributed by atoms with Crippen molar-refractivity contribution in [1.82, 2.24) is 15.0 Å². The molecule has 11 heteroatoms. The van der Waals surface area contributed by atoms with Gasteiger partial charge in [0.1, 0.15) is 37.1 Å². The summed E-state index contributed by atoms with van der Waals surface area (Å²) in [5, 5.41) is 0. The predicted molar refractivity (Wildman–Crippen MR) is 212 cm³/mol. The van der Waals surface area contributed by atoms with E-state index in [1.54, 1.807) is 37.6 Å². The summed E-state index contributed by atoms with van der Waals surface area (Å²) in [5.41, 5.74) is 3.74. The van der Waals surface area contributed by atoms with Crippen LogP contribution in [0, 0.1) is 13.8 Å². The Bertz CT molecular complexity index is 2260. The SMILES string of the molecule is Cc1ccc(S(=O)(=O)OS(c2cccc(OCc3ccccn3)c2)(c2cccc(OCc3ccccn3)c2)c2cccc(OCc3ccccn3)c2)c(C)c1. The molecule has 278 valence electrons. The van der Waals surface area contributed by atoms with Crippen LogP contribution in [0.1, 0.15) is 28.2 Å². The van der Waals surface area contributed by atoms with E-state index < -0.39 is 20.4 Å². The highest BCUT2D eigenvalue weighted by atomic mass is 32.3. The molecule has 0 aliphatic carbocycles. The minimum absolute atomic E-state index is 0.0719. The van der Waals surface area contributed by atoms with Gasteiger partial charge in [-0.15, -0.1) is 0 Å². The van der Waals surface area contributed by atoms with Crippen molar-refractivity contribution in [2.45, 2.75) is 53.3 Å². The van der Waals surface area contributed by atoms with E-state index in [4.69, 9.17) is 17.8 Å². The molecular weight excluding hydrogens is 731 g/mol. The molecule has 0 unspecified atom stereocenters. The van der Waals surface area contributed by atoms with Gasteiger partial charge in [-0.05, 0) is 127 Å². The molecule has 7 aromatic rings. The van der Waals surface area contributed by atoms with E-state index in [2.05, 4.69) is 15.0 Å². The lowest BCUT2D eigenvalue weighted by atomic mass is 10.2. The number of hydrogen-bond donors (Lipinski definition) is 0. The van der Waals surface area contributed by atoms with Crippen molar-refractivity contribution in [3.63, 3.8) is 0 Å². The van der Waals surface area contributed by atoms with Crippen LogP contribution in [0.25, 0.3) is 0 Å². The van der Waals surface area contributed by atoms with Crippen LogP contribution in [0.2, 0.25) is 0 Å². The molecule has 0 saturated heterocycles. The molecule has 9 nitrogen and oxygen atoms in total. The Morgan fingerprint density at radius 1 is 0.473 bits per heavy atom. The molecule has 0 spiro atoms. The van der Waals surface area contributed by atoms with Crippen molar-refractivity contribution in [1.29, 1.82) is 0 Å². The largest absolute Gasteiger partial charge is 0.487 e. The summed E-state index contributed by atoms with van der Waals surface area (Å²) in [4.78, 5) is 15.0. The summed E-state index contributed by atoms with van der Waals surface area (Å²) in [6.45, 7) is 4.32. The molecule has 0 aliphatic heterocycles. The monoisotopic (exact) mass is 769 g/mol. The van der Waals surface area contributed by atoms with Gasteiger partial charge >= 0.3 is 10.1 Å². The summed E-state index contributed by atoms with van der Waals surface area (Å²) in [5.74, 6) is 1.54. The first-order valence-corrected chi connectivity index (χ1v) is 20.5. The van der Waals surface area contributed by atoms with Crippen LogP contribution in [0.5, 0.6) is 17.2 Å². The number of aromatic nitrogens is 3. The first kappa shape index (κ1) is 37.3. The van der Waals surface area contributed by atoms with Crippen LogP contribution < -0.4 is 14.2 Å². The van der Waals surface area contributed by atoms with Gasteiger partial charge in [0.15, 0.2) is 0 Å². The second-order valence-corrected chi connectivity index (χ2v) is 17.0. The molecule has 55 heavy (non-hydrogen) atoms. The van der Waals surface area contributed by atoms with Gasteiger partial charge in [-0.25, -0.2) is 3.63 Å². The van der Waals surface area contributed by atoms with Crippen LogP contribution in [0.4, 0.5) is 0 Å². The Hall–Kier alpha value is -6.01. The topological polar surface area (TPSA) is 110 Å². The molecule has 3 heterocycles. The van der Waals surface area contributed by atoms with Crippen molar-refractivity contribution in [3.8, 4) is 17.2 Å². The second kappa shape index (κ2) is 17.0. The van der Waals surface area contributed by atoms with Crippen LogP contribution in [-0.2, 0) is 33.6 Å². The fourth-order valence-corrected chi connectivity index (χ4v) is 11.4. The Kier molecular flexibility index (Phi) is 11.5. The van der Waals surface area contributed by atoms with Crippen molar-refractivity contribution in [3.05, 3.63) is 192 Å². The number of ether oxygens (including phenoxy) is 3. The highest BCUT2D eigenvalue weighted by Gasteiger charge is 2.40. The lowest BCUT2D eigenvalue weighted by Gasteiger charge is -2.40. The highest BCUT2D eigenvalue weighted by molar-refractivity contribution is 8.33. The number of hydrogen-bond acceptors (Lipinski definition) is 9. The fraction of sp³-hybridized carbons (Fsp3) is 0.114. The van der Waals surface area contributed by atoms with E-state index in [0.29, 0.717) is 37.5 Å². The molecule has 7 rings (SSSR count). The van der Waals surface area contributed by atoms with E-state index in [1.165, 1.54) is 0 Å². The standard InChI is InChI=1S/C44H39N3O6S2/c1-33-21-22-44(34(2)26-33)55(48,49)53-54(41-18-9-15-38(27-41)50-30-35-12-3-6-23-45-35,42-19-10-16-39(28-42)51-31-36-13-4-7-24-46-36)43-20-11-17-40(29-43)52-32-37-14-5-8-25-47-37/h3-29H,30-32H2,1-2H3. The number of rotatable bonds is 15. The minimum Gasteiger partial charge on any atom is -0.487 e. The van der Waals surface area contributed by atoms with E-state index in [1.807, 2.05) is 140 Å². The normalized spacial score (nSPS) is 11.8. The average Bonchev–Trinajstić information content (AvgIpc) is 3.22. The van der Waals surface area contributed by atoms with Gasteiger partial charge in [-0.1, -0.05) is 54.1 Å². The molecule has 0 fully saturated rings. The second-order valence-electron chi connectivity index (χ2n) is 12.6. The summed E-state index contributed by atoms with van der Waals surface area (Å²) >= 11 is 0. The number of nitrogens with zero attached hydrogens (tertiary/aromatic N) is 3. The van der Waals surface area contributed by atoms with Gasteiger partial charge in [0.25, 0.3) is 0 Å². The molecule has 3 aromatic heterocycles. The Morgan fingerprint density at radius 3 is 1.25 bits per heavy atom. The molecule has 4 aromatic carbocycles. The minimum atomic E-state index is -4.43. The van der Waals surface area contributed by atoms with Gasteiger partial charge in [0.2, 0.25) is 0 Å². The van der Waals surface area contributed by atoms with Gasteiger partial charge in [-0.3, -0.25) is 15.0 Å². The van der Waals surface area contributed by atoms with Crippen LogP contribution >= 0.6 is 10.3 Å².